The molecule has 2 aliphatic rings. The van der Waals surface area contributed by atoms with Gasteiger partial charge in [0.05, 0.1) is 12.3 Å². The third kappa shape index (κ3) is 3.43. The number of nitrogens with zero attached hydrogens (tertiary/aromatic N) is 4. The fraction of sp³-hybridized carbons (Fsp3) is 0.391. The van der Waals surface area contributed by atoms with Crippen molar-refractivity contribution in [3.63, 3.8) is 0 Å². The van der Waals surface area contributed by atoms with Crippen molar-refractivity contribution in [2.45, 2.75) is 58.0 Å². The number of aryl methyl sites for hydroxylation is 1. The monoisotopic (exact) mass is 388 g/mol. The van der Waals surface area contributed by atoms with Crippen molar-refractivity contribution in [2.75, 3.05) is 0 Å². The second-order valence-corrected chi connectivity index (χ2v) is 8.15. The van der Waals surface area contributed by atoms with Gasteiger partial charge < -0.3 is 4.74 Å². The van der Waals surface area contributed by atoms with Crippen LogP contribution in [0, 0.1) is 13.8 Å². The van der Waals surface area contributed by atoms with Crippen LogP contribution in [0.4, 0.5) is 0 Å². The van der Waals surface area contributed by atoms with Crippen LogP contribution in [0.15, 0.2) is 41.6 Å². The summed E-state index contributed by atoms with van der Waals surface area (Å²) in [5.41, 5.74) is 5.26. The predicted molar refractivity (Wildman–Crippen MR) is 110 cm³/mol. The van der Waals surface area contributed by atoms with Gasteiger partial charge in [-0.25, -0.2) is 9.97 Å². The van der Waals surface area contributed by atoms with Gasteiger partial charge in [-0.3, -0.25) is 4.79 Å². The van der Waals surface area contributed by atoms with E-state index in [4.69, 9.17) is 4.74 Å². The first-order valence-corrected chi connectivity index (χ1v) is 10.3. The average Bonchev–Trinajstić information content (AvgIpc) is 3.55. The number of aromatic nitrogens is 4. The quantitative estimate of drug-likeness (QED) is 0.685. The highest BCUT2D eigenvalue weighted by atomic mass is 16.5. The van der Waals surface area contributed by atoms with Crippen LogP contribution in [0.2, 0.25) is 0 Å². The van der Waals surface area contributed by atoms with Crippen molar-refractivity contribution in [3.05, 3.63) is 75.0 Å². The average molecular weight is 388 g/mol. The molecule has 0 N–H and O–H groups in total. The molecule has 1 fully saturated rings. The minimum Gasteiger partial charge on any atom is -0.490 e. The van der Waals surface area contributed by atoms with Gasteiger partial charge in [-0.15, -0.1) is 0 Å². The molecule has 2 aliphatic carbocycles. The van der Waals surface area contributed by atoms with Crippen LogP contribution >= 0.6 is 0 Å². The lowest BCUT2D eigenvalue weighted by Gasteiger charge is -2.26. The first-order valence-electron chi connectivity index (χ1n) is 10.3. The second kappa shape index (κ2) is 7.10. The lowest BCUT2D eigenvalue weighted by molar-refractivity contribution is 0.300. The van der Waals surface area contributed by atoms with Crippen LogP contribution in [0.5, 0.6) is 5.75 Å². The standard InChI is InChI=1S/C23H24N4O2/c1-14-11-24-23(25-12-14)27-22(28)20-9-6-16(10-17(20)13-26-27)19-4-3-5-21(15(19)2)29-18-7-8-18/h3-5,11-13,16,18H,6-10H2,1-2H3/t16-/m0/s1. The van der Waals surface area contributed by atoms with E-state index in [0.29, 0.717) is 18.0 Å². The van der Waals surface area contributed by atoms with E-state index < -0.39 is 0 Å². The van der Waals surface area contributed by atoms with Crippen molar-refractivity contribution in [1.29, 1.82) is 0 Å². The summed E-state index contributed by atoms with van der Waals surface area (Å²) < 4.78 is 7.38. The Morgan fingerprint density at radius 3 is 2.62 bits per heavy atom. The summed E-state index contributed by atoms with van der Waals surface area (Å²) in [6.07, 6.45) is 10.4. The number of fused-ring (bicyclic) bond motifs is 1. The molecule has 2 heterocycles. The molecule has 0 amide bonds. The third-order valence-corrected chi connectivity index (χ3v) is 5.92. The molecule has 148 valence electrons. The van der Waals surface area contributed by atoms with Gasteiger partial charge in [0.2, 0.25) is 0 Å². The summed E-state index contributed by atoms with van der Waals surface area (Å²) in [6, 6.07) is 6.34. The van der Waals surface area contributed by atoms with E-state index in [1.807, 2.05) is 13.1 Å². The fourth-order valence-electron chi connectivity index (χ4n) is 4.12. The number of ether oxygens (including phenoxy) is 1. The normalized spacial score (nSPS) is 18.3. The van der Waals surface area contributed by atoms with Gasteiger partial charge in [-0.05, 0) is 80.2 Å². The van der Waals surface area contributed by atoms with Crippen LogP contribution in [0.3, 0.4) is 0 Å². The minimum atomic E-state index is -0.104. The van der Waals surface area contributed by atoms with Crippen LogP contribution in [0.25, 0.3) is 5.95 Å². The Bertz CT molecular complexity index is 1120. The SMILES string of the molecule is Cc1cnc(-n2ncc3c(c2=O)CC[C@H](c2cccc(OC4CC4)c2C)C3)nc1. The summed E-state index contributed by atoms with van der Waals surface area (Å²) >= 11 is 0. The summed E-state index contributed by atoms with van der Waals surface area (Å²) in [4.78, 5) is 21.5. The van der Waals surface area contributed by atoms with Gasteiger partial charge >= 0.3 is 0 Å². The Morgan fingerprint density at radius 1 is 1.07 bits per heavy atom. The topological polar surface area (TPSA) is 69.9 Å². The first-order chi connectivity index (χ1) is 14.1. The Balaban J connectivity index is 1.44. The van der Waals surface area contributed by atoms with E-state index in [1.165, 1.54) is 15.8 Å². The molecule has 0 aliphatic heterocycles. The largest absolute Gasteiger partial charge is 0.490 e. The zero-order chi connectivity index (χ0) is 20.0. The maximum absolute atomic E-state index is 13.0. The Kier molecular flexibility index (Phi) is 4.42. The number of benzene rings is 1. The lowest BCUT2D eigenvalue weighted by Crippen LogP contribution is -2.30. The lowest BCUT2D eigenvalue weighted by atomic mass is 9.79. The maximum atomic E-state index is 13.0. The van der Waals surface area contributed by atoms with Crippen molar-refractivity contribution < 1.29 is 4.74 Å². The first kappa shape index (κ1) is 18.0. The highest BCUT2D eigenvalue weighted by Crippen LogP contribution is 2.37. The highest BCUT2D eigenvalue weighted by Gasteiger charge is 2.28. The molecule has 3 aromatic rings. The summed E-state index contributed by atoms with van der Waals surface area (Å²) in [5, 5.41) is 4.36. The molecule has 5 rings (SSSR count). The van der Waals surface area contributed by atoms with Gasteiger partial charge in [0.1, 0.15) is 5.75 Å². The second-order valence-electron chi connectivity index (χ2n) is 8.15. The van der Waals surface area contributed by atoms with Crippen molar-refractivity contribution in [1.82, 2.24) is 19.7 Å². The molecule has 6 heteroatoms. The van der Waals surface area contributed by atoms with Crippen molar-refractivity contribution in [3.8, 4) is 11.7 Å². The predicted octanol–water partition coefficient (Wildman–Crippen LogP) is 3.45. The summed E-state index contributed by atoms with van der Waals surface area (Å²) in [6.45, 7) is 4.06. The maximum Gasteiger partial charge on any atom is 0.277 e. The van der Waals surface area contributed by atoms with Gasteiger partial charge in [-0.1, -0.05) is 12.1 Å². The molecule has 2 aromatic heterocycles. The van der Waals surface area contributed by atoms with Gasteiger partial charge in [-0.2, -0.15) is 9.78 Å². The number of hydrogen-bond acceptors (Lipinski definition) is 5. The minimum absolute atomic E-state index is 0.104. The third-order valence-electron chi connectivity index (χ3n) is 5.92. The molecule has 1 saturated carbocycles. The van der Waals surface area contributed by atoms with E-state index in [1.54, 1.807) is 12.4 Å². The molecule has 0 spiro atoms. The zero-order valence-electron chi connectivity index (χ0n) is 16.8. The smallest absolute Gasteiger partial charge is 0.277 e. The number of hydrogen-bond donors (Lipinski definition) is 0. The Hall–Kier alpha value is -3.02. The van der Waals surface area contributed by atoms with Crippen molar-refractivity contribution in [2.24, 2.45) is 0 Å². The molecular formula is C23H24N4O2. The molecule has 1 aromatic carbocycles. The Morgan fingerprint density at radius 2 is 1.86 bits per heavy atom. The Labute approximate surface area is 169 Å². The molecule has 0 radical (unpaired) electrons. The fourth-order valence-corrected chi connectivity index (χ4v) is 4.12. The molecule has 0 bridgehead atoms. The zero-order valence-corrected chi connectivity index (χ0v) is 16.8. The van der Waals surface area contributed by atoms with Gasteiger partial charge in [0.25, 0.3) is 11.5 Å². The van der Waals surface area contributed by atoms with Crippen LogP contribution in [-0.2, 0) is 12.8 Å². The summed E-state index contributed by atoms with van der Waals surface area (Å²) in [5.74, 6) is 1.70. The van der Waals surface area contributed by atoms with E-state index >= 15 is 0 Å². The van der Waals surface area contributed by atoms with Crippen LogP contribution < -0.4 is 10.3 Å². The molecule has 1 atom stereocenters. The molecule has 0 unspecified atom stereocenters. The molecule has 6 nitrogen and oxygen atoms in total. The number of rotatable bonds is 4. The van der Waals surface area contributed by atoms with E-state index in [0.717, 1.165) is 54.5 Å². The van der Waals surface area contributed by atoms with Gasteiger partial charge in [0.15, 0.2) is 0 Å². The van der Waals surface area contributed by atoms with Crippen molar-refractivity contribution >= 4 is 0 Å². The van der Waals surface area contributed by atoms with E-state index in [-0.39, 0.29) is 5.56 Å². The summed E-state index contributed by atoms with van der Waals surface area (Å²) in [7, 11) is 0. The van der Waals surface area contributed by atoms with Crippen LogP contribution in [0.1, 0.15) is 53.0 Å². The molecule has 29 heavy (non-hydrogen) atoms. The van der Waals surface area contributed by atoms with Crippen LogP contribution in [-0.4, -0.2) is 25.9 Å². The molecular weight excluding hydrogens is 364 g/mol. The highest BCUT2D eigenvalue weighted by molar-refractivity contribution is 5.43. The van der Waals surface area contributed by atoms with Gasteiger partial charge in [0, 0.05) is 18.0 Å². The van der Waals surface area contributed by atoms with E-state index in [9.17, 15) is 4.79 Å². The van der Waals surface area contributed by atoms with E-state index in [2.05, 4.69) is 40.2 Å². The molecule has 0 saturated heterocycles.